The third-order valence-electron chi connectivity index (χ3n) is 5.63. The first-order chi connectivity index (χ1) is 14.7. The van der Waals surface area contributed by atoms with Crippen molar-refractivity contribution in [3.05, 3.63) is 48.2 Å². The van der Waals surface area contributed by atoms with Gasteiger partial charge in [-0.2, -0.15) is 0 Å². The molecule has 7 heteroatoms. The summed E-state index contributed by atoms with van der Waals surface area (Å²) in [6, 6.07) is 11.3. The number of rotatable bonds is 10. The van der Waals surface area contributed by atoms with E-state index in [1.165, 1.54) is 19.3 Å². The van der Waals surface area contributed by atoms with Gasteiger partial charge >= 0.3 is 0 Å². The van der Waals surface area contributed by atoms with Crippen molar-refractivity contribution < 1.29 is 14.2 Å². The zero-order valence-electron chi connectivity index (χ0n) is 18.1. The van der Waals surface area contributed by atoms with Crippen LogP contribution in [0.1, 0.15) is 31.2 Å². The van der Waals surface area contributed by atoms with Crippen LogP contribution >= 0.6 is 0 Å². The molecule has 0 bridgehead atoms. The van der Waals surface area contributed by atoms with Crippen LogP contribution in [0.3, 0.4) is 0 Å². The molecule has 1 saturated carbocycles. The average molecular weight is 413 g/mol. The van der Waals surface area contributed by atoms with Crippen molar-refractivity contribution in [3.63, 3.8) is 0 Å². The Morgan fingerprint density at radius 3 is 2.60 bits per heavy atom. The van der Waals surface area contributed by atoms with Crippen molar-refractivity contribution in [2.45, 2.75) is 32.2 Å². The van der Waals surface area contributed by atoms with Gasteiger partial charge in [-0.3, -0.25) is 4.99 Å². The minimum absolute atomic E-state index is 0.342. The molecule has 3 rings (SSSR count). The van der Waals surface area contributed by atoms with Crippen molar-refractivity contribution in [2.24, 2.45) is 10.4 Å². The van der Waals surface area contributed by atoms with Gasteiger partial charge in [0.15, 0.2) is 5.96 Å². The van der Waals surface area contributed by atoms with Crippen molar-refractivity contribution in [3.8, 4) is 17.4 Å². The molecule has 2 aromatic rings. The molecule has 1 aliphatic carbocycles. The van der Waals surface area contributed by atoms with Crippen molar-refractivity contribution in [2.75, 3.05) is 34.4 Å². The molecule has 0 unspecified atom stereocenters. The minimum atomic E-state index is 0.342. The van der Waals surface area contributed by atoms with Gasteiger partial charge < -0.3 is 24.8 Å². The molecular formula is C23H32N4O3. The van der Waals surface area contributed by atoms with Gasteiger partial charge in [0.2, 0.25) is 5.88 Å². The van der Waals surface area contributed by atoms with Crippen molar-refractivity contribution in [1.29, 1.82) is 0 Å². The fraction of sp³-hybridized carbons (Fsp3) is 0.478. The number of hydrogen-bond acceptors (Lipinski definition) is 5. The summed E-state index contributed by atoms with van der Waals surface area (Å²) >= 11 is 0. The van der Waals surface area contributed by atoms with Crippen LogP contribution in [0.5, 0.6) is 17.4 Å². The summed E-state index contributed by atoms with van der Waals surface area (Å²) in [6.07, 6.45) is 6.69. The molecule has 0 atom stereocenters. The van der Waals surface area contributed by atoms with E-state index in [0.717, 1.165) is 36.8 Å². The fourth-order valence-electron chi connectivity index (χ4n) is 3.55. The number of nitrogens with zero attached hydrogens (tertiary/aromatic N) is 2. The summed E-state index contributed by atoms with van der Waals surface area (Å²) in [5, 5.41) is 6.83. The Kier molecular flexibility index (Phi) is 7.90. The number of methoxy groups -OCH3 is 2. The number of ether oxygens (including phenoxy) is 3. The molecule has 2 N–H and O–H groups in total. The lowest BCUT2D eigenvalue weighted by atomic mass is 9.67. The van der Waals surface area contributed by atoms with Gasteiger partial charge in [-0.25, -0.2) is 4.98 Å². The summed E-state index contributed by atoms with van der Waals surface area (Å²) in [4.78, 5) is 8.74. The summed E-state index contributed by atoms with van der Waals surface area (Å²) in [6.45, 7) is 2.36. The molecule has 0 spiro atoms. The molecule has 7 nitrogen and oxygen atoms in total. The van der Waals surface area contributed by atoms with Crippen LogP contribution in [0.2, 0.25) is 0 Å². The van der Waals surface area contributed by atoms with E-state index in [-0.39, 0.29) is 0 Å². The Morgan fingerprint density at radius 2 is 1.97 bits per heavy atom. The third kappa shape index (κ3) is 6.10. The smallest absolute Gasteiger partial charge is 0.219 e. The Labute approximate surface area is 178 Å². The largest absolute Gasteiger partial charge is 0.497 e. The van der Waals surface area contributed by atoms with Crippen molar-refractivity contribution >= 4 is 5.96 Å². The van der Waals surface area contributed by atoms with Gasteiger partial charge in [-0.15, -0.1) is 0 Å². The number of aliphatic imine (C=N–C) groups is 1. The monoisotopic (exact) mass is 412 g/mol. The molecule has 0 saturated heterocycles. The lowest BCUT2D eigenvalue weighted by Gasteiger charge is -2.42. The van der Waals surface area contributed by atoms with Crippen LogP contribution in [0, 0.1) is 5.41 Å². The van der Waals surface area contributed by atoms with Crippen molar-refractivity contribution in [1.82, 2.24) is 15.6 Å². The van der Waals surface area contributed by atoms with E-state index in [9.17, 15) is 0 Å². The van der Waals surface area contributed by atoms with Gasteiger partial charge in [0, 0.05) is 52.2 Å². The second kappa shape index (κ2) is 10.8. The highest BCUT2D eigenvalue weighted by molar-refractivity contribution is 5.79. The Hall–Kier alpha value is -2.80. The molecule has 30 heavy (non-hydrogen) atoms. The number of pyridine rings is 1. The Balaban J connectivity index is 1.47. The maximum absolute atomic E-state index is 5.79. The average Bonchev–Trinajstić information content (AvgIpc) is 2.76. The normalized spacial score (nSPS) is 15.2. The first kappa shape index (κ1) is 21.9. The van der Waals surface area contributed by atoms with Crippen LogP contribution in [0.25, 0.3) is 0 Å². The molecular weight excluding hydrogens is 380 g/mol. The zero-order chi connectivity index (χ0) is 21.2. The first-order valence-electron chi connectivity index (χ1n) is 10.4. The quantitative estimate of drug-likeness (QED) is 0.457. The highest BCUT2D eigenvalue weighted by Crippen LogP contribution is 2.43. The summed E-state index contributed by atoms with van der Waals surface area (Å²) < 4.78 is 16.3. The molecule has 0 radical (unpaired) electrons. The number of guanidine groups is 1. The summed E-state index contributed by atoms with van der Waals surface area (Å²) in [5.74, 6) is 2.78. The molecule has 162 valence electrons. The van der Waals surface area contributed by atoms with E-state index < -0.39 is 0 Å². The van der Waals surface area contributed by atoms with E-state index in [0.29, 0.717) is 23.6 Å². The van der Waals surface area contributed by atoms with Crippen LogP contribution in [-0.2, 0) is 11.3 Å². The Morgan fingerprint density at radius 1 is 1.13 bits per heavy atom. The number of aromatic nitrogens is 1. The fourth-order valence-corrected chi connectivity index (χ4v) is 3.55. The highest BCUT2D eigenvalue weighted by Gasteiger charge is 2.36. The van der Waals surface area contributed by atoms with Crippen LogP contribution in [0.15, 0.2) is 47.6 Å². The molecule has 1 heterocycles. The van der Waals surface area contributed by atoms with E-state index in [1.807, 2.05) is 42.6 Å². The lowest BCUT2D eigenvalue weighted by Crippen LogP contribution is -2.46. The Bertz CT molecular complexity index is 819. The molecule has 0 aliphatic heterocycles. The van der Waals surface area contributed by atoms with Gasteiger partial charge in [0.1, 0.15) is 11.5 Å². The number of nitrogens with one attached hydrogen (secondary N) is 2. The topological polar surface area (TPSA) is 77.0 Å². The summed E-state index contributed by atoms with van der Waals surface area (Å²) in [7, 11) is 5.19. The van der Waals surface area contributed by atoms with Gasteiger partial charge in [0.25, 0.3) is 0 Å². The predicted molar refractivity (Wildman–Crippen MR) is 118 cm³/mol. The van der Waals surface area contributed by atoms with E-state index in [4.69, 9.17) is 14.2 Å². The SMILES string of the molecule is CN=C(NCc1ccc(Oc2cccc(OC)c2)nc1)NCC1(CCOC)CCC1. The maximum atomic E-state index is 5.79. The first-order valence-corrected chi connectivity index (χ1v) is 10.4. The van der Waals surface area contributed by atoms with Crippen LogP contribution < -0.4 is 20.1 Å². The van der Waals surface area contributed by atoms with E-state index in [1.54, 1.807) is 21.3 Å². The van der Waals surface area contributed by atoms with Gasteiger partial charge in [-0.05, 0) is 42.4 Å². The molecule has 1 fully saturated rings. The predicted octanol–water partition coefficient (Wildman–Crippen LogP) is 3.75. The summed E-state index contributed by atoms with van der Waals surface area (Å²) in [5.41, 5.74) is 1.39. The van der Waals surface area contributed by atoms with Gasteiger partial charge in [0.05, 0.1) is 7.11 Å². The second-order valence-corrected chi connectivity index (χ2v) is 7.66. The third-order valence-corrected chi connectivity index (χ3v) is 5.63. The van der Waals surface area contributed by atoms with Crippen LogP contribution in [-0.4, -0.2) is 45.4 Å². The lowest BCUT2D eigenvalue weighted by molar-refractivity contribution is 0.0732. The van der Waals surface area contributed by atoms with E-state index in [2.05, 4.69) is 20.6 Å². The van der Waals surface area contributed by atoms with Crippen LogP contribution in [0.4, 0.5) is 0 Å². The highest BCUT2D eigenvalue weighted by atomic mass is 16.5. The van der Waals surface area contributed by atoms with E-state index >= 15 is 0 Å². The van der Waals surface area contributed by atoms with Gasteiger partial charge in [-0.1, -0.05) is 18.6 Å². The number of benzene rings is 1. The maximum Gasteiger partial charge on any atom is 0.219 e. The molecule has 0 amide bonds. The molecule has 1 aromatic carbocycles. The zero-order valence-corrected chi connectivity index (χ0v) is 18.1. The second-order valence-electron chi connectivity index (χ2n) is 7.66. The molecule has 1 aliphatic rings. The standard InChI is InChI=1S/C23H32N4O3/c1-24-22(27-17-23(10-5-11-23)12-13-28-2)26-16-18-8-9-21(25-15-18)30-20-7-4-6-19(14-20)29-3/h4,6-9,14-15H,5,10-13,16-17H2,1-3H3,(H2,24,26,27). The molecule has 1 aromatic heterocycles. The minimum Gasteiger partial charge on any atom is -0.497 e. The number of hydrogen-bond donors (Lipinski definition) is 2.